The van der Waals surface area contributed by atoms with Gasteiger partial charge in [0.15, 0.2) is 11.6 Å². The minimum atomic E-state index is -1.03. The van der Waals surface area contributed by atoms with E-state index in [1.807, 2.05) is 6.92 Å². The highest BCUT2D eigenvalue weighted by atomic mass is 32.2. The minimum absolute atomic E-state index is 0.0925. The third-order valence-corrected chi connectivity index (χ3v) is 4.98. The van der Waals surface area contributed by atoms with Gasteiger partial charge in [0.25, 0.3) is 5.91 Å². The first-order valence-electron chi connectivity index (χ1n) is 8.36. The summed E-state index contributed by atoms with van der Waals surface area (Å²) in [6.07, 6.45) is 0. The van der Waals surface area contributed by atoms with Crippen LogP contribution in [0.3, 0.4) is 0 Å². The maximum atomic E-state index is 14.2. The number of aromatic nitrogens is 1. The fraction of sp³-hybridized carbons (Fsp3) is 0.200. The number of hydrogen-bond acceptors (Lipinski definition) is 3. The van der Waals surface area contributed by atoms with Crippen molar-refractivity contribution in [2.75, 3.05) is 5.75 Å². The van der Waals surface area contributed by atoms with Gasteiger partial charge in [0.1, 0.15) is 16.4 Å². The highest BCUT2D eigenvalue weighted by molar-refractivity contribution is 7.99. The van der Waals surface area contributed by atoms with Gasteiger partial charge in [-0.15, -0.1) is 11.8 Å². The fourth-order valence-electron chi connectivity index (χ4n) is 2.83. The van der Waals surface area contributed by atoms with E-state index in [1.54, 1.807) is 19.1 Å². The monoisotopic (exact) mass is 390 g/mol. The Labute approximate surface area is 159 Å². The number of carbonyl (C=O) groups is 1. The SMILES string of the molecule is CCSc1nc2c(F)c(F)ccc2c(C)c1C(=O)NCc1cccc(F)c1. The van der Waals surface area contributed by atoms with Crippen LogP contribution in [-0.4, -0.2) is 16.6 Å². The number of nitrogens with one attached hydrogen (secondary N) is 1. The van der Waals surface area contributed by atoms with E-state index in [0.717, 1.165) is 6.07 Å². The molecule has 27 heavy (non-hydrogen) atoms. The van der Waals surface area contributed by atoms with Crippen molar-refractivity contribution in [3.05, 3.63) is 70.5 Å². The number of fused-ring (bicyclic) bond motifs is 1. The molecule has 0 saturated carbocycles. The molecule has 0 aliphatic heterocycles. The standard InChI is InChI=1S/C20H17F3N2OS/c1-3-27-20-16(19(26)24-10-12-5-4-6-13(21)9-12)11(2)14-7-8-15(22)17(23)18(14)25-20/h4-9H,3,10H2,1-2H3,(H,24,26). The Balaban J connectivity index is 2.01. The minimum Gasteiger partial charge on any atom is -0.348 e. The summed E-state index contributed by atoms with van der Waals surface area (Å²) in [6.45, 7) is 3.70. The lowest BCUT2D eigenvalue weighted by molar-refractivity contribution is 0.0946. The molecule has 0 fully saturated rings. The molecule has 1 aromatic heterocycles. The molecular weight excluding hydrogens is 373 g/mol. The highest BCUT2D eigenvalue weighted by Crippen LogP contribution is 2.31. The Bertz CT molecular complexity index is 1020. The number of carbonyl (C=O) groups excluding carboxylic acids is 1. The molecule has 0 spiro atoms. The summed E-state index contributed by atoms with van der Waals surface area (Å²) < 4.78 is 41.0. The Morgan fingerprint density at radius 2 is 1.96 bits per heavy atom. The van der Waals surface area contributed by atoms with Gasteiger partial charge < -0.3 is 5.32 Å². The molecule has 0 unspecified atom stereocenters. The lowest BCUT2D eigenvalue weighted by Gasteiger charge is -2.14. The number of halogens is 3. The Kier molecular flexibility index (Phi) is 5.70. The quantitative estimate of drug-likeness (QED) is 0.623. The largest absolute Gasteiger partial charge is 0.348 e. The summed E-state index contributed by atoms with van der Waals surface area (Å²) in [6, 6.07) is 8.37. The average Bonchev–Trinajstić information content (AvgIpc) is 2.64. The van der Waals surface area contributed by atoms with E-state index in [1.165, 1.54) is 30.0 Å². The van der Waals surface area contributed by atoms with Crippen LogP contribution in [0.25, 0.3) is 10.9 Å². The van der Waals surface area contributed by atoms with Gasteiger partial charge in [-0.1, -0.05) is 19.1 Å². The van der Waals surface area contributed by atoms with E-state index in [2.05, 4.69) is 10.3 Å². The molecule has 0 aliphatic carbocycles. The second-order valence-corrected chi connectivity index (χ2v) is 7.17. The zero-order valence-electron chi connectivity index (χ0n) is 14.8. The van der Waals surface area contributed by atoms with Crippen LogP contribution >= 0.6 is 11.8 Å². The maximum absolute atomic E-state index is 14.2. The van der Waals surface area contributed by atoms with E-state index in [-0.39, 0.29) is 17.9 Å². The molecule has 1 heterocycles. The third-order valence-electron chi connectivity index (χ3n) is 4.13. The number of benzene rings is 2. The molecule has 140 valence electrons. The van der Waals surface area contributed by atoms with Crippen LogP contribution in [0.4, 0.5) is 13.2 Å². The van der Waals surface area contributed by atoms with Gasteiger partial charge in [-0.05, 0) is 48.1 Å². The van der Waals surface area contributed by atoms with Crippen molar-refractivity contribution in [3.8, 4) is 0 Å². The smallest absolute Gasteiger partial charge is 0.254 e. The number of aryl methyl sites for hydroxylation is 1. The molecule has 0 bridgehead atoms. The zero-order chi connectivity index (χ0) is 19.6. The van der Waals surface area contributed by atoms with Gasteiger partial charge in [-0.25, -0.2) is 18.2 Å². The number of rotatable bonds is 5. The Hall–Kier alpha value is -2.54. The molecule has 1 N–H and O–H groups in total. The third kappa shape index (κ3) is 3.93. The lowest BCUT2D eigenvalue weighted by atomic mass is 10.0. The summed E-state index contributed by atoms with van der Waals surface area (Å²) in [5.74, 6) is -2.18. The first-order chi connectivity index (χ1) is 12.9. The summed E-state index contributed by atoms with van der Waals surface area (Å²) in [5.41, 5.74) is 1.36. The summed E-state index contributed by atoms with van der Waals surface area (Å²) in [7, 11) is 0. The van der Waals surface area contributed by atoms with Crippen LogP contribution in [0.15, 0.2) is 41.4 Å². The normalized spacial score (nSPS) is 11.0. The van der Waals surface area contributed by atoms with Crippen LogP contribution in [0.2, 0.25) is 0 Å². The molecule has 0 radical (unpaired) electrons. The Morgan fingerprint density at radius 3 is 2.67 bits per heavy atom. The number of hydrogen-bond donors (Lipinski definition) is 1. The fourth-order valence-corrected chi connectivity index (χ4v) is 3.65. The van der Waals surface area contributed by atoms with E-state index in [0.29, 0.717) is 32.9 Å². The van der Waals surface area contributed by atoms with Gasteiger partial charge in [0.05, 0.1) is 5.56 Å². The number of nitrogens with zero attached hydrogens (tertiary/aromatic N) is 1. The molecule has 7 heteroatoms. The van der Waals surface area contributed by atoms with Crippen LogP contribution in [0, 0.1) is 24.4 Å². The van der Waals surface area contributed by atoms with Crippen molar-refractivity contribution < 1.29 is 18.0 Å². The van der Waals surface area contributed by atoms with Gasteiger partial charge in [0, 0.05) is 11.9 Å². The predicted molar refractivity (Wildman–Crippen MR) is 100 cm³/mol. The second kappa shape index (κ2) is 8.00. The molecule has 2 aromatic carbocycles. The van der Waals surface area contributed by atoms with Crippen molar-refractivity contribution in [1.29, 1.82) is 0 Å². The average molecular weight is 390 g/mol. The van der Waals surface area contributed by atoms with Crippen molar-refractivity contribution in [3.63, 3.8) is 0 Å². The van der Waals surface area contributed by atoms with E-state index in [4.69, 9.17) is 0 Å². The van der Waals surface area contributed by atoms with Gasteiger partial charge in [-0.2, -0.15) is 0 Å². The van der Waals surface area contributed by atoms with Crippen LogP contribution in [0.5, 0.6) is 0 Å². The molecule has 0 saturated heterocycles. The Morgan fingerprint density at radius 1 is 1.19 bits per heavy atom. The topological polar surface area (TPSA) is 42.0 Å². The molecule has 0 atom stereocenters. The van der Waals surface area contributed by atoms with Crippen LogP contribution in [0.1, 0.15) is 28.4 Å². The van der Waals surface area contributed by atoms with Gasteiger partial charge in [-0.3, -0.25) is 4.79 Å². The van der Waals surface area contributed by atoms with Crippen molar-refractivity contribution in [1.82, 2.24) is 10.3 Å². The van der Waals surface area contributed by atoms with Gasteiger partial charge >= 0.3 is 0 Å². The summed E-state index contributed by atoms with van der Waals surface area (Å²) in [5, 5.41) is 3.46. The van der Waals surface area contributed by atoms with Crippen molar-refractivity contribution >= 4 is 28.6 Å². The second-order valence-electron chi connectivity index (χ2n) is 5.92. The number of amides is 1. The first kappa shape index (κ1) is 19.2. The molecule has 3 aromatic rings. The predicted octanol–water partition coefficient (Wildman–Crippen LogP) is 5.00. The van der Waals surface area contributed by atoms with Crippen LogP contribution < -0.4 is 5.32 Å². The van der Waals surface area contributed by atoms with Crippen LogP contribution in [-0.2, 0) is 6.54 Å². The number of pyridine rings is 1. The first-order valence-corrected chi connectivity index (χ1v) is 9.34. The van der Waals surface area contributed by atoms with Crippen molar-refractivity contribution in [2.24, 2.45) is 0 Å². The van der Waals surface area contributed by atoms with Crippen molar-refractivity contribution in [2.45, 2.75) is 25.4 Å². The maximum Gasteiger partial charge on any atom is 0.254 e. The van der Waals surface area contributed by atoms with E-state index >= 15 is 0 Å². The van der Waals surface area contributed by atoms with E-state index in [9.17, 15) is 18.0 Å². The van der Waals surface area contributed by atoms with E-state index < -0.39 is 17.5 Å². The lowest BCUT2D eigenvalue weighted by Crippen LogP contribution is -2.25. The summed E-state index contributed by atoms with van der Waals surface area (Å²) in [4.78, 5) is 17.0. The highest BCUT2D eigenvalue weighted by Gasteiger charge is 2.21. The molecule has 3 nitrogen and oxygen atoms in total. The number of thioether (sulfide) groups is 1. The zero-order valence-corrected chi connectivity index (χ0v) is 15.6. The molecule has 3 rings (SSSR count). The van der Waals surface area contributed by atoms with Gasteiger partial charge in [0.2, 0.25) is 0 Å². The molecular formula is C20H17F3N2OS. The molecule has 0 aliphatic rings. The molecule has 1 amide bonds. The summed E-state index contributed by atoms with van der Waals surface area (Å²) >= 11 is 1.28.